The van der Waals surface area contributed by atoms with Gasteiger partial charge in [-0.2, -0.15) is 0 Å². The molecule has 0 spiro atoms. The van der Waals surface area contributed by atoms with Crippen LogP contribution in [0.25, 0.3) is 0 Å². The van der Waals surface area contributed by atoms with Gasteiger partial charge in [0.1, 0.15) is 5.75 Å². The van der Waals surface area contributed by atoms with Crippen LogP contribution in [0.15, 0.2) is 46.0 Å². The Morgan fingerprint density at radius 1 is 1.33 bits per heavy atom. The summed E-state index contributed by atoms with van der Waals surface area (Å²) < 4.78 is 8.37. The Morgan fingerprint density at radius 2 is 2.00 bits per heavy atom. The summed E-state index contributed by atoms with van der Waals surface area (Å²) in [4.78, 5) is 6.46. The number of aryl methyl sites for hydroxylation is 1. The monoisotopic (exact) mass is 506 g/mol. The van der Waals surface area contributed by atoms with Crippen molar-refractivity contribution in [2.45, 2.75) is 13.1 Å². The Balaban J connectivity index is 0.00000288. The molecule has 0 aliphatic rings. The zero-order valence-corrected chi connectivity index (χ0v) is 18.3. The van der Waals surface area contributed by atoms with Gasteiger partial charge in [-0.05, 0) is 39.7 Å². The van der Waals surface area contributed by atoms with Crippen LogP contribution in [0.4, 0.5) is 0 Å². The van der Waals surface area contributed by atoms with Crippen molar-refractivity contribution in [2.75, 3.05) is 21.2 Å². The van der Waals surface area contributed by atoms with Crippen LogP contribution < -0.4 is 10.1 Å². The van der Waals surface area contributed by atoms with Crippen molar-refractivity contribution in [3.8, 4) is 5.75 Å². The number of halogens is 2. The van der Waals surface area contributed by atoms with E-state index in [0.29, 0.717) is 0 Å². The average Bonchev–Trinajstić information content (AvgIpc) is 2.86. The molecule has 0 bridgehead atoms. The SMILES string of the molecule is CN=C(NCc1ccc(OC)cc1)N(C)Cc1cc(Br)cn1C.I. The van der Waals surface area contributed by atoms with E-state index in [0.717, 1.165) is 29.3 Å². The molecule has 2 aromatic rings. The normalized spacial score (nSPS) is 11.0. The molecule has 1 aromatic carbocycles. The van der Waals surface area contributed by atoms with Crippen LogP contribution in [0.5, 0.6) is 5.75 Å². The Hall–Kier alpha value is -1.22. The number of hydrogen-bond donors (Lipinski definition) is 1. The van der Waals surface area contributed by atoms with E-state index in [-0.39, 0.29) is 24.0 Å². The van der Waals surface area contributed by atoms with E-state index in [1.807, 2.05) is 38.4 Å². The van der Waals surface area contributed by atoms with Crippen molar-refractivity contribution in [1.29, 1.82) is 0 Å². The minimum Gasteiger partial charge on any atom is -0.497 e. The number of nitrogens with zero attached hydrogens (tertiary/aromatic N) is 3. The van der Waals surface area contributed by atoms with Gasteiger partial charge < -0.3 is 19.5 Å². The summed E-state index contributed by atoms with van der Waals surface area (Å²) in [6.07, 6.45) is 2.05. The molecule has 24 heavy (non-hydrogen) atoms. The van der Waals surface area contributed by atoms with E-state index in [2.05, 4.69) is 48.0 Å². The molecule has 0 amide bonds. The fourth-order valence-corrected chi connectivity index (χ4v) is 2.92. The van der Waals surface area contributed by atoms with Gasteiger partial charge in [0.15, 0.2) is 5.96 Å². The van der Waals surface area contributed by atoms with Crippen LogP contribution in [0.3, 0.4) is 0 Å². The molecule has 0 unspecified atom stereocenters. The van der Waals surface area contributed by atoms with Gasteiger partial charge in [-0.15, -0.1) is 24.0 Å². The van der Waals surface area contributed by atoms with Gasteiger partial charge in [0, 0.05) is 44.1 Å². The van der Waals surface area contributed by atoms with E-state index in [9.17, 15) is 0 Å². The number of methoxy groups -OCH3 is 1. The Labute approximate surface area is 169 Å². The van der Waals surface area contributed by atoms with Gasteiger partial charge >= 0.3 is 0 Å². The lowest BCUT2D eigenvalue weighted by Gasteiger charge is -2.22. The summed E-state index contributed by atoms with van der Waals surface area (Å²) >= 11 is 3.50. The number of guanidine groups is 1. The summed E-state index contributed by atoms with van der Waals surface area (Å²) in [6, 6.07) is 10.1. The molecule has 0 fully saturated rings. The second kappa shape index (κ2) is 9.93. The standard InChI is InChI=1S/C17H23BrN4O.HI/c1-19-17(20-10-13-5-7-16(23-4)8-6-13)22(3)12-15-9-14(18)11-21(15)2;/h5-9,11H,10,12H2,1-4H3,(H,19,20);1H. The second-order valence-electron chi connectivity index (χ2n) is 5.37. The maximum Gasteiger partial charge on any atom is 0.194 e. The molecule has 0 atom stereocenters. The molecular weight excluding hydrogens is 483 g/mol. The van der Waals surface area contributed by atoms with Crippen LogP contribution in [0.1, 0.15) is 11.3 Å². The molecule has 5 nitrogen and oxygen atoms in total. The van der Waals surface area contributed by atoms with Crippen molar-refractivity contribution in [1.82, 2.24) is 14.8 Å². The van der Waals surface area contributed by atoms with Crippen LogP contribution in [-0.2, 0) is 20.1 Å². The Bertz CT molecular complexity index is 670. The van der Waals surface area contributed by atoms with Crippen molar-refractivity contribution in [2.24, 2.45) is 12.0 Å². The maximum absolute atomic E-state index is 5.18. The lowest BCUT2D eigenvalue weighted by Crippen LogP contribution is -2.38. The Morgan fingerprint density at radius 3 is 2.50 bits per heavy atom. The van der Waals surface area contributed by atoms with Gasteiger partial charge in [0.05, 0.1) is 13.7 Å². The molecular formula is C17H24BrIN4O. The summed E-state index contributed by atoms with van der Waals surface area (Å²) in [7, 11) is 7.55. The fourth-order valence-electron chi connectivity index (χ4n) is 2.35. The summed E-state index contributed by atoms with van der Waals surface area (Å²) in [5.74, 6) is 1.72. The van der Waals surface area contributed by atoms with Crippen LogP contribution in [0, 0.1) is 0 Å². The molecule has 0 saturated heterocycles. The van der Waals surface area contributed by atoms with Crippen molar-refractivity contribution >= 4 is 45.9 Å². The first kappa shape index (κ1) is 20.8. The van der Waals surface area contributed by atoms with Crippen LogP contribution >= 0.6 is 39.9 Å². The number of benzene rings is 1. The van der Waals surface area contributed by atoms with Crippen molar-refractivity contribution in [3.05, 3.63) is 52.3 Å². The van der Waals surface area contributed by atoms with E-state index in [4.69, 9.17) is 4.74 Å². The van der Waals surface area contributed by atoms with Crippen LogP contribution in [-0.4, -0.2) is 36.6 Å². The topological polar surface area (TPSA) is 41.8 Å². The molecule has 0 aliphatic carbocycles. The molecule has 1 N–H and O–H groups in total. The van der Waals surface area contributed by atoms with Gasteiger partial charge in [-0.3, -0.25) is 4.99 Å². The molecule has 0 saturated carbocycles. The molecule has 132 valence electrons. The maximum atomic E-state index is 5.18. The number of ether oxygens (including phenoxy) is 1. The average molecular weight is 507 g/mol. The number of aromatic nitrogens is 1. The van der Waals surface area contributed by atoms with E-state index in [1.165, 1.54) is 11.3 Å². The highest BCUT2D eigenvalue weighted by Crippen LogP contribution is 2.15. The largest absolute Gasteiger partial charge is 0.497 e. The number of aliphatic imine (C=N–C) groups is 1. The molecule has 2 rings (SSSR count). The molecule has 7 heteroatoms. The van der Waals surface area contributed by atoms with Gasteiger partial charge in [0.2, 0.25) is 0 Å². The predicted octanol–water partition coefficient (Wildman–Crippen LogP) is 3.62. The molecule has 0 radical (unpaired) electrons. The summed E-state index contributed by atoms with van der Waals surface area (Å²) in [5.41, 5.74) is 2.40. The lowest BCUT2D eigenvalue weighted by atomic mass is 10.2. The zero-order chi connectivity index (χ0) is 16.8. The third-order valence-electron chi connectivity index (χ3n) is 3.66. The van der Waals surface area contributed by atoms with E-state index < -0.39 is 0 Å². The highest BCUT2D eigenvalue weighted by molar-refractivity contribution is 14.0. The quantitative estimate of drug-likeness (QED) is 0.382. The highest BCUT2D eigenvalue weighted by Gasteiger charge is 2.09. The molecule has 1 heterocycles. The third-order valence-corrected chi connectivity index (χ3v) is 4.09. The van der Waals surface area contributed by atoms with Gasteiger partial charge in [-0.1, -0.05) is 12.1 Å². The predicted molar refractivity (Wildman–Crippen MR) is 113 cm³/mol. The first-order valence-corrected chi connectivity index (χ1v) is 8.18. The first-order valence-electron chi connectivity index (χ1n) is 7.39. The summed E-state index contributed by atoms with van der Waals surface area (Å²) in [5, 5.41) is 3.38. The van der Waals surface area contributed by atoms with Gasteiger partial charge in [0.25, 0.3) is 0 Å². The number of rotatable bonds is 5. The Kier molecular flexibility index (Phi) is 8.61. The minimum absolute atomic E-state index is 0. The first-order chi connectivity index (χ1) is 11.0. The van der Waals surface area contributed by atoms with Gasteiger partial charge in [-0.25, -0.2) is 0 Å². The van der Waals surface area contributed by atoms with Crippen molar-refractivity contribution in [3.63, 3.8) is 0 Å². The van der Waals surface area contributed by atoms with E-state index in [1.54, 1.807) is 14.2 Å². The highest BCUT2D eigenvalue weighted by atomic mass is 127. The molecule has 0 aliphatic heterocycles. The molecule has 1 aromatic heterocycles. The smallest absolute Gasteiger partial charge is 0.194 e. The van der Waals surface area contributed by atoms with Crippen LogP contribution in [0.2, 0.25) is 0 Å². The second-order valence-corrected chi connectivity index (χ2v) is 6.28. The number of hydrogen-bond acceptors (Lipinski definition) is 2. The van der Waals surface area contributed by atoms with E-state index >= 15 is 0 Å². The fraction of sp³-hybridized carbons (Fsp3) is 0.353. The number of nitrogens with one attached hydrogen (secondary N) is 1. The third kappa shape index (κ3) is 5.70. The minimum atomic E-state index is 0. The van der Waals surface area contributed by atoms with Crippen molar-refractivity contribution < 1.29 is 4.74 Å². The zero-order valence-electron chi connectivity index (χ0n) is 14.4. The lowest BCUT2D eigenvalue weighted by molar-refractivity contribution is 0.414. The summed E-state index contributed by atoms with van der Waals surface area (Å²) in [6.45, 7) is 1.50.